The average molecular weight is 341 g/mol. The van der Waals surface area contributed by atoms with Crippen molar-refractivity contribution in [3.05, 3.63) is 34.0 Å². The van der Waals surface area contributed by atoms with Gasteiger partial charge in [0, 0.05) is 18.0 Å². The zero-order valence-corrected chi connectivity index (χ0v) is 14.5. The third-order valence-electron chi connectivity index (χ3n) is 4.77. The Kier molecular flexibility index (Phi) is 6.48. The van der Waals surface area contributed by atoms with Gasteiger partial charge in [-0.1, -0.05) is 37.0 Å². The quantitative estimate of drug-likeness (QED) is 0.825. The Hall–Kier alpha value is -0.840. The van der Waals surface area contributed by atoms with E-state index in [9.17, 15) is 4.79 Å². The maximum Gasteiger partial charge on any atom is 0.231 e. The molecule has 3 rings (SSSR count). The lowest BCUT2D eigenvalue weighted by Gasteiger charge is -2.35. The molecule has 1 saturated carbocycles. The van der Waals surface area contributed by atoms with Crippen molar-refractivity contribution in [2.45, 2.75) is 43.9 Å². The van der Waals surface area contributed by atoms with Gasteiger partial charge in [-0.3, -0.25) is 4.79 Å². The maximum atomic E-state index is 12.9. The van der Waals surface area contributed by atoms with Crippen molar-refractivity contribution in [2.75, 3.05) is 19.6 Å². The molecule has 0 atom stereocenters. The first-order valence-electron chi connectivity index (χ1n) is 8.02. The molecule has 122 valence electrons. The Balaban J connectivity index is 0.00000176. The highest BCUT2D eigenvalue weighted by Gasteiger charge is 2.41. The monoisotopic (exact) mass is 340 g/mol. The Bertz CT molecular complexity index is 507. The lowest BCUT2D eigenvalue weighted by molar-refractivity contribution is -0.127. The predicted octanol–water partition coefficient (Wildman–Crippen LogP) is 3.41. The van der Waals surface area contributed by atoms with Gasteiger partial charge in [0.2, 0.25) is 5.91 Å². The summed E-state index contributed by atoms with van der Waals surface area (Å²) >= 11 is 1.73. The van der Waals surface area contributed by atoms with Crippen molar-refractivity contribution in [1.82, 2.24) is 10.6 Å². The number of hydrogen-bond donors (Lipinski definition) is 2. The lowest BCUT2D eigenvalue weighted by Crippen LogP contribution is -2.46. The van der Waals surface area contributed by atoms with Gasteiger partial charge in [-0.05, 0) is 37.3 Å². The summed E-state index contributed by atoms with van der Waals surface area (Å²) in [5.74, 6) is 0.240. The first kappa shape index (κ1) is 17.5. The zero-order chi connectivity index (χ0) is 14.5. The molecule has 0 spiro atoms. The van der Waals surface area contributed by atoms with Crippen molar-refractivity contribution in [3.8, 4) is 0 Å². The minimum atomic E-state index is -0.264. The van der Waals surface area contributed by atoms with Crippen LogP contribution < -0.4 is 10.6 Å². The van der Waals surface area contributed by atoms with E-state index in [2.05, 4.69) is 34.2 Å². The molecule has 22 heavy (non-hydrogen) atoms. The van der Waals surface area contributed by atoms with E-state index in [1.165, 1.54) is 16.9 Å². The van der Waals surface area contributed by atoms with Crippen LogP contribution in [0.4, 0.5) is 0 Å². The van der Waals surface area contributed by atoms with Crippen LogP contribution >= 0.6 is 23.7 Å². The fourth-order valence-electron chi connectivity index (χ4n) is 3.48. The molecule has 2 heterocycles. The van der Waals surface area contributed by atoms with E-state index < -0.39 is 0 Å². The lowest BCUT2D eigenvalue weighted by atomic mass is 9.72. The molecule has 0 bridgehead atoms. The average Bonchev–Trinajstić information content (AvgIpc) is 3.09. The normalized spacial score (nSPS) is 20.6. The van der Waals surface area contributed by atoms with E-state index in [1.54, 1.807) is 11.3 Å². The summed E-state index contributed by atoms with van der Waals surface area (Å²) in [6.07, 6.45) is 8.85. The molecule has 0 unspecified atom stereocenters. The van der Waals surface area contributed by atoms with Crippen LogP contribution in [0.5, 0.6) is 0 Å². The second-order valence-corrected chi connectivity index (χ2v) is 7.07. The van der Waals surface area contributed by atoms with Gasteiger partial charge in [0.15, 0.2) is 0 Å². The summed E-state index contributed by atoms with van der Waals surface area (Å²) in [6.45, 7) is 2.67. The number of thiophene rings is 1. The molecule has 1 aliphatic carbocycles. The number of halogens is 1. The van der Waals surface area contributed by atoms with Crippen molar-refractivity contribution in [2.24, 2.45) is 0 Å². The summed E-state index contributed by atoms with van der Waals surface area (Å²) in [5, 5.41) is 8.62. The summed E-state index contributed by atoms with van der Waals surface area (Å²) in [7, 11) is 0. The topological polar surface area (TPSA) is 41.1 Å². The van der Waals surface area contributed by atoms with Crippen LogP contribution in [0.15, 0.2) is 29.2 Å². The summed E-state index contributed by atoms with van der Waals surface area (Å²) in [6, 6.07) is 4.21. The van der Waals surface area contributed by atoms with Crippen molar-refractivity contribution < 1.29 is 4.79 Å². The number of rotatable bonds is 4. The van der Waals surface area contributed by atoms with Gasteiger partial charge in [0.1, 0.15) is 0 Å². The van der Waals surface area contributed by atoms with E-state index in [1.807, 2.05) is 0 Å². The number of carbonyl (C=O) groups excluding carboxylic acids is 1. The fourth-order valence-corrected chi connectivity index (χ4v) is 4.47. The van der Waals surface area contributed by atoms with Crippen LogP contribution in [0, 0.1) is 0 Å². The second-order valence-electron chi connectivity index (χ2n) is 6.12. The van der Waals surface area contributed by atoms with Gasteiger partial charge < -0.3 is 10.6 Å². The van der Waals surface area contributed by atoms with Gasteiger partial charge in [0.05, 0.1) is 5.41 Å². The van der Waals surface area contributed by atoms with Crippen molar-refractivity contribution >= 4 is 29.7 Å². The van der Waals surface area contributed by atoms with E-state index >= 15 is 0 Å². The number of amides is 1. The summed E-state index contributed by atoms with van der Waals surface area (Å²) in [5.41, 5.74) is 1.10. The van der Waals surface area contributed by atoms with Crippen LogP contribution in [0.25, 0.3) is 0 Å². The van der Waals surface area contributed by atoms with E-state index in [0.717, 1.165) is 45.2 Å². The van der Waals surface area contributed by atoms with Crippen LogP contribution in [0.1, 0.15) is 43.4 Å². The van der Waals surface area contributed by atoms with E-state index in [-0.39, 0.29) is 23.7 Å². The van der Waals surface area contributed by atoms with Crippen LogP contribution in [-0.4, -0.2) is 25.5 Å². The second kappa shape index (κ2) is 8.14. The molecule has 0 radical (unpaired) electrons. The molecule has 2 N–H and O–H groups in total. The van der Waals surface area contributed by atoms with E-state index in [0.29, 0.717) is 6.54 Å². The minimum Gasteiger partial charge on any atom is -0.352 e. The summed E-state index contributed by atoms with van der Waals surface area (Å²) in [4.78, 5) is 14.2. The number of carbonyl (C=O) groups is 1. The fraction of sp³-hybridized carbons (Fsp3) is 0.588. The van der Waals surface area contributed by atoms with Gasteiger partial charge in [-0.15, -0.1) is 23.7 Å². The molecule has 3 nitrogen and oxygen atoms in total. The molecule has 1 aromatic heterocycles. The van der Waals surface area contributed by atoms with Gasteiger partial charge in [-0.25, -0.2) is 0 Å². The Morgan fingerprint density at radius 2 is 2.14 bits per heavy atom. The SMILES string of the molecule is Cl.O=C(NCC1=CCNCC1)C1(c2cccs2)CCCCC1. The smallest absolute Gasteiger partial charge is 0.231 e. The first-order chi connectivity index (χ1) is 10.3. The third kappa shape index (κ3) is 3.73. The van der Waals surface area contributed by atoms with Crippen LogP contribution in [0.3, 0.4) is 0 Å². The Morgan fingerprint density at radius 1 is 1.32 bits per heavy atom. The number of nitrogens with one attached hydrogen (secondary N) is 2. The molecule has 1 amide bonds. The minimum absolute atomic E-state index is 0. The first-order valence-corrected chi connectivity index (χ1v) is 8.90. The summed E-state index contributed by atoms with van der Waals surface area (Å²) < 4.78 is 0. The molecule has 1 aromatic rings. The molecule has 0 saturated heterocycles. The maximum absolute atomic E-state index is 12.9. The van der Waals surface area contributed by atoms with E-state index in [4.69, 9.17) is 0 Å². The molecule has 5 heteroatoms. The van der Waals surface area contributed by atoms with Gasteiger partial charge in [-0.2, -0.15) is 0 Å². The molecule has 1 aliphatic heterocycles. The van der Waals surface area contributed by atoms with Crippen LogP contribution in [-0.2, 0) is 10.2 Å². The van der Waals surface area contributed by atoms with Crippen LogP contribution in [0.2, 0.25) is 0 Å². The molecule has 0 aromatic carbocycles. The Labute approximate surface area is 143 Å². The highest BCUT2D eigenvalue weighted by Crippen LogP contribution is 2.41. The van der Waals surface area contributed by atoms with Gasteiger partial charge in [0.25, 0.3) is 0 Å². The molecular weight excluding hydrogens is 316 g/mol. The molecule has 1 fully saturated rings. The predicted molar refractivity (Wildman–Crippen MR) is 94.9 cm³/mol. The van der Waals surface area contributed by atoms with Crippen molar-refractivity contribution in [3.63, 3.8) is 0 Å². The highest BCUT2D eigenvalue weighted by atomic mass is 35.5. The van der Waals surface area contributed by atoms with Gasteiger partial charge >= 0.3 is 0 Å². The number of hydrogen-bond acceptors (Lipinski definition) is 3. The molecule has 2 aliphatic rings. The van der Waals surface area contributed by atoms with Crippen molar-refractivity contribution in [1.29, 1.82) is 0 Å². The molecular formula is C17H25ClN2OS. The zero-order valence-electron chi connectivity index (χ0n) is 12.9. The third-order valence-corrected chi connectivity index (χ3v) is 5.84. The largest absolute Gasteiger partial charge is 0.352 e. The standard InChI is InChI=1S/C17H24N2OS.ClH/c20-16(19-13-14-6-10-18-11-7-14)17(8-2-1-3-9-17)15-5-4-12-21-15;/h4-6,12,18H,1-3,7-11,13H2,(H,19,20);1H. The highest BCUT2D eigenvalue weighted by molar-refractivity contribution is 7.10. The Morgan fingerprint density at radius 3 is 2.77 bits per heavy atom.